The van der Waals surface area contributed by atoms with Gasteiger partial charge in [-0.2, -0.15) is 0 Å². The monoisotopic (exact) mass is 330 g/mol. The number of hydrogen-bond acceptors (Lipinski definition) is 4. The molecule has 5 heteroatoms. The average molecular weight is 330 g/mol. The summed E-state index contributed by atoms with van der Waals surface area (Å²) in [5, 5.41) is 8.95. The normalized spacial score (nSPS) is 12.1. The second kappa shape index (κ2) is 8.15. The maximum absolute atomic E-state index is 10.9. The molecule has 0 spiro atoms. The Balaban J connectivity index is 1.95. The lowest BCUT2D eigenvalue weighted by Gasteiger charge is -2.12. The molecule has 0 saturated heterocycles. The van der Waals surface area contributed by atoms with E-state index in [1.165, 1.54) is 5.56 Å². The average Bonchev–Trinajstić information content (AvgIpc) is 2.52. The molecule has 2 aromatic rings. The molecule has 23 heavy (non-hydrogen) atoms. The minimum absolute atomic E-state index is 0.347. The van der Waals surface area contributed by atoms with Crippen molar-refractivity contribution in [2.75, 3.05) is 0 Å². The van der Waals surface area contributed by atoms with Crippen molar-refractivity contribution < 1.29 is 9.90 Å². The lowest BCUT2D eigenvalue weighted by molar-refractivity contribution is -0.138. The molecule has 4 nitrogen and oxygen atoms in total. The van der Waals surface area contributed by atoms with E-state index in [4.69, 9.17) is 10.8 Å². The van der Waals surface area contributed by atoms with E-state index in [9.17, 15) is 4.79 Å². The molecule has 0 fully saturated rings. The van der Waals surface area contributed by atoms with E-state index >= 15 is 0 Å². The highest BCUT2D eigenvalue weighted by atomic mass is 32.2. The van der Waals surface area contributed by atoms with E-state index in [0.717, 1.165) is 21.6 Å². The van der Waals surface area contributed by atoms with Gasteiger partial charge in [0.1, 0.15) is 6.04 Å². The molecule has 0 aliphatic rings. The van der Waals surface area contributed by atoms with Crippen LogP contribution in [0.5, 0.6) is 0 Å². The van der Waals surface area contributed by atoms with Crippen molar-refractivity contribution in [3.63, 3.8) is 0 Å². The molecule has 2 rings (SSSR count). The number of rotatable bonds is 7. The lowest BCUT2D eigenvalue weighted by Crippen LogP contribution is -2.32. The highest BCUT2D eigenvalue weighted by molar-refractivity contribution is 7.97. The van der Waals surface area contributed by atoms with Crippen molar-refractivity contribution in [3.05, 3.63) is 64.7 Å². The third kappa shape index (κ3) is 5.39. The predicted octanol–water partition coefficient (Wildman–Crippen LogP) is 3.05. The zero-order valence-corrected chi connectivity index (χ0v) is 14.2. The van der Waals surface area contributed by atoms with Crippen LogP contribution in [0.25, 0.3) is 0 Å². The van der Waals surface area contributed by atoms with E-state index in [1.807, 2.05) is 25.1 Å². The predicted molar refractivity (Wildman–Crippen MR) is 94.4 cm³/mol. The molecule has 0 bridgehead atoms. The van der Waals surface area contributed by atoms with Crippen LogP contribution in [-0.2, 0) is 17.8 Å². The van der Waals surface area contributed by atoms with Gasteiger partial charge in [-0.1, -0.05) is 35.9 Å². The molecule has 0 heterocycles. The summed E-state index contributed by atoms with van der Waals surface area (Å²) in [5.41, 5.74) is 10.0. The largest absolute Gasteiger partial charge is 0.480 e. The maximum atomic E-state index is 10.9. The Labute approximate surface area is 141 Å². The fraction of sp³-hybridized carbons (Fsp3) is 0.278. The highest BCUT2D eigenvalue weighted by Crippen LogP contribution is 2.17. The Morgan fingerprint density at radius 3 is 2.57 bits per heavy atom. The summed E-state index contributed by atoms with van der Waals surface area (Å²) in [4.78, 5) is 12.1. The van der Waals surface area contributed by atoms with Gasteiger partial charge in [-0.3, -0.25) is 9.52 Å². The summed E-state index contributed by atoms with van der Waals surface area (Å²) >= 11 is 1.58. The van der Waals surface area contributed by atoms with Crippen LogP contribution in [0.4, 0.5) is 0 Å². The van der Waals surface area contributed by atoms with Crippen molar-refractivity contribution in [1.29, 1.82) is 0 Å². The summed E-state index contributed by atoms with van der Waals surface area (Å²) in [6, 6.07) is 13.6. The number of aryl methyl sites for hydroxylation is 2. The van der Waals surface area contributed by atoms with Crippen LogP contribution in [0, 0.1) is 13.8 Å². The first-order valence-corrected chi connectivity index (χ1v) is 8.30. The number of carboxylic acids is 1. The van der Waals surface area contributed by atoms with Gasteiger partial charge in [0.2, 0.25) is 0 Å². The maximum Gasteiger partial charge on any atom is 0.320 e. The third-order valence-corrected chi connectivity index (χ3v) is 4.45. The van der Waals surface area contributed by atoms with E-state index in [1.54, 1.807) is 11.9 Å². The fourth-order valence-corrected chi connectivity index (χ4v) is 2.87. The molecular formula is C18H22N2O2S. The van der Waals surface area contributed by atoms with Crippen molar-refractivity contribution in [1.82, 2.24) is 4.72 Å². The molecule has 0 radical (unpaired) electrons. The Kier molecular flexibility index (Phi) is 6.21. The molecule has 2 aromatic carbocycles. The summed E-state index contributed by atoms with van der Waals surface area (Å²) in [6.45, 7) is 4.74. The molecule has 1 unspecified atom stereocenters. The van der Waals surface area contributed by atoms with Crippen LogP contribution in [0.3, 0.4) is 0 Å². The van der Waals surface area contributed by atoms with Gasteiger partial charge in [-0.05, 0) is 61.0 Å². The van der Waals surface area contributed by atoms with Crippen molar-refractivity contribution >= 4 is 17.9 Å². The zero-order chi connectivity index (χ0) is 16.8. The fourth-order valence-electron chi connectivity index (χ4n) is 2.19. The number of carboxylic acid groups (broad SMARTS) is 1. The lowest BCUT2D eigenvalue weighted by atomic mass is 9.99. The van der Waals surface area contributed by atoms with Gasteiger partial charge in [0.05, 0.1) is 0 Å². The second-order valence-corrected chi connectivity index (χ2v) is 6.61. The molecule has 0 aromatic heterocycles. The summed E-state index contributed by atoms with van der Waals surface area (Å²) in [6.07, 6.45) is 0.347. The number of hydrogen-bond donors (Lipinski definition) is 3. The van der Waals surface area contributed by atoms with Crippen LogP contribution in [-0.4, -0.2) is 17.1 Å². The van der Waals surface area contributed by atoms with Crippen LogP contribution in [0.1, 0.15) is 22.3 Å². The van der Waals surface area contributed by atoms with E-state index in [0.29, 0.717) is 13.0 Å². The van der Waals surface area contributed by atoms with Crippen LogP contribution in [0.15, 0.2) is 47.4 Å². The molecule has 0 saturated carbocycles. The van der Waals surface area contributed by atoms with Gasteiger partial charge >= 0.3 is 5.97 Å². The van der Waals surface area contributed by atoms with Gasteiger partial charge < -0.3 is 10.8 Å². The zero-order valence-electron chi connectivity index (χ0n) is 13.4. The topological polar surface area (TPSA) is 75.3 Å². The third-order valence-electron chi connectivity index (χ3n) is 3.66. The molecule has 122 valence electrons. The standard InChI is InChI=1S/C18H22N2O2S/c1-12-3-7-16(8-4-12)23-20-11-14-6-5-13(2)15(9-14)10-17(19)18(21)22/h3-9,17,20H,10-11,19H2,1-2H3,(H,21,22). The second-order valence-electron chi connectivity index (χ2n) is 5.65. The van der Waals surface area contributed by atoms with Crippen molar-refractivity contribution in [2.24, 2.45) is 5.73 Å². The first kappa shape index (κ1) is 17.5. The van der Waals surface area contributed by atoms with Gasteiger partial charge in [0.25, 0.3) is 0 Å². The van der Waals surface area contributed by atoms with Crippen LogP contribution < -0.4 is 10.5 Å². The van der Waals surface area contributed by atoms with Crippen LogP contribution >= 0.6 is 11.9 Å². The number of aliphatic carboxylic acids is 1. The molecule has 0 aliphatic heterocycles. The van der Waals surface area contributed by atoms with Gasteiger partial charge in [-0.25, -0.2) is 0 Å². The smallest absolute Gasteiger partial charge is 0.320 e. The first-order chi connectivity index (χ1) is 11.0. The summed E-state index contributed by atoms with van der Waals surface area (Å²) in [5.74, 6) is -0.970. The minimum atomic E-state index is -0.970. The Bertz CT molecular complexity index is 671. The summed E-state index contributed by atoms with van der Waals surface area (Å²) in [7, 11) is 0. The van der Waals surface area contributed by atoms with E-state index in [2.05, 4.69) is 35.9 Å². The van der Waals surface area contributed by atoms with Crippen molar-refractivity contribution in [3.8, 4) is 0 Å². The molecule has 4 N–H and O–H groups in total. The Hall–Kier alpha value is -1.82. The minimum Gasteiger partial charge on any atom is -0.480 e. The van der Waals surface area contributed by atoms with Gasteiger partial charge in [0.15, 0.2) is 0 Å². The number of nitrogens with one attached hydrogen (secondary N) is 1. The van der Waals surface area contributed by atoms with Crippen molar-refractivity contribution in [2.45, 2.75) is 37.8 Å². The van der Waals surface area contributed by atoms with Gasteiger partial charge in [0, 0.05) is 11.4 Å². The molecule has 0 amide bonds. The van der Waals surface area contributed by atoms with E-state index in [-0.39, 0.29) is 0 Å². The molecular weight excluding hydrogens is 308 g/mol. The Morgan fingerprint density at radius 2 is 1.91 bits per heavy atom. The highest BCUT2D eigenvalue weighted by Gasteiger charge is 2.13. The first-order valence-electron chi connectivity index (χ1n) is 7.49. The molecule has 0 aliphatic carbocycles. The van der Waals surface area contributed by atoms with Crippen LogP contribution in [0.2, 0.25) is 0 Å². The Morgan fingerprint density at radius 1 is 1.22 bits per heavy atom. The number of nitrogens with two attached hydrogens (primary N) is 1. The number of carbonyl (C=O) groups is 1. The SMILES string of the molecule is Cc1ccc(SNCc2ccc(C)c(CC(N)C(=O)O)c2)cc1. The molecule has 1 atom stereocenters. The van der Waals surface area contributed by atoms with E-state index < -0.39 is 12.0 Å². The number of benzene rings is 2. The summed E-state index contributed by atoms with van der Waals surface area (Å²) < 4.78 is 3.33. The quantitative estimate of drug-likeness (QED) is 0.680. The van der Waals surface area contributed by atoms with Gasteiger partial charge in [-0.15, -0.1) is 0 Å².